The van der Waals surface area contributed by atoms with Gasteiger partial charge in [0.25, 0.3) is 0 Å². The molecule has 2 aliphatic rings. The highest BCUT2D eigenvalue weighted by atomic mass is 32.2. The number of amides is 1. The van der Waals surface area contributed by atoms with E-state index < -0.39 is 9.84 Å². The summed E-state index contributed by atoms with van der Waals surface area (Å²) < 4.78 is 22.8. The van der Waals surface area contributed by atoms with Crippen LogP contribution in [0, 0.1) is 5.92 Å². The van der Waals surface area contributed by atoms with E-state index >= 15 is 0 Å². The van der Waals surface area contributed by atoms with Crippen molar-refractivity contribution >= 4 is 27.2 Å². The van der Waals surface area contributed by atoms with Crippen LogP contribution < -0.4 is 10.2 Å². The van der Waals surface area contributed by atoms with Gasteiger partial charge in [0.05, 0.1) is 23.4 Å². The second kappa shape index (κ2) is 6.86. The van der Waals surface area contributed by atoms with Gasteiger partial charge in [0.15, 0.2) is 9.84 Å². The van der Waals surface area contributed by atoms with Crippen LogP contribution in [0.2, 0.25) is 0 Å². The molecule has 2 aliphatic heterocycles. The van der Waals surface area contributed by atoms with Crippen LogP contribution in [0.25, 0.3) is 0 Å². The van der Waals surface area contributed by atoms with E-state index in [-0.39, 0.29) is 29.8 Å². The molecule has 1 unspecified atom stereocenters. The molecular formula is C16H23N3O3S. The molecule has 2 saturated heterocycles. The van der Waals surface area contributed by atoms with Crippen molar-refractivity contribution in [3.05, 3.63) is 18.3 Å². The van der Waals surface area contributed by atoms with Crippen molar-refractivity contribution in [1.29, 1.82) is 0 Å². The maximum atomic E-state index is 12.0. The lowest BCUT2D eigenvalue weighted by Gasteiger charge is -2.28. The van der Waals surface area contributed by atoms with Gasteiger partial charge in [-0.05, 0) is 43.7 Å². The number of carbonyl (C=O) groups excluding carboxylic acids is 1. The van der Waals surface area contributed by atoms with Gasteiger partial charge in [0.2, 0.25) is 5.91 Å². The van der Waals surface area contributed by atoms with Gasteiger partial charge < -0.3 is 10.2 Å². The first-order chi connectivity index (χ1) is 11.0. The van der Waals surface area contributed by atoms with E-state index in [9.17, 15) is 13.2 Å². The smallest absolute Gasteiger partial charge is 0.225 e. The number of aromatic nitrogens is 1. The molecule has 0 aliphatic carbocycles. The minimum Gasteiger partial charge on any atom is -0.370 e. The fourth-order valence-electron chi connectivity index (χ4n) is 3.29. The molecular weight excluding hydrogens is 314 g/mol. The van der Waals surface area contributed by atoms with Gasteiger partial charge >= 0.3 is 0 Å². The SMILES string of the molecule is O=C(CC1CCS(=O)(=O)C1)Nc1ccc(N2CCCCC2)cn1. The molecule has 23 heavy (non-hydrogen) atoms. The van der Waals surface area contributed by atoms with Gasteiger partial charge in [-0.1, -0.05) is 0 Å². The van der Waals surface area contributed by atoms with Crippen LogP contribution in [0.3, 0.4) is 0 Å². The summed E-state index contributed by atoms with van der Waals surface area (Å²) in [7, 11) is -2.93. The van der Waals surface area contributed by atoms with E-state index in [4.69, 9.17) is 0 Å². The van der Waals surface area contributed by atoms with E-state index in [1.54, 1.807) is 6.20 Å². The topological polar surface area (TPSA) is 79.4 Å². The summed E-state index contributed by atoms with van der Waals surface area (Å²) in [6, 6.07) is 3.79. The van der Waals surface area contributed by atoms with Crippen LogP contribution in [0.1, 0.15) is 32.1 Å². The predicted molar refractivity (Wildman–Crippen MR) is 90.3 cm³/mol. The normalized spacial score (nSPS) is 23.7. The van der Waals surface area contributed by atoms with E-state index in [1.807, 2.05) is 12.1 Å². The van der Waals surface area contributed by atoms with Gasteiger partial charge in [-0.15, -0.1) is 0 Å². The first-order valence-electron chi connectivity index (χ1n) is 8.23. The lowest BCUT2D eigenvalue weighted by atomic mass is 10.1. The average Bonchev–Trinajstić information content (AvgIpc) is 2.87. The van der Waals surface area contributed by atoms with E-state index in [0.717, 1.165) is 18.8 Å². The van der Waals surface area contributed by atoms with Crippen molar-refractivity contribution in [3.63, 3.8) is 0 Å². The number of sulfone groups is 1. The number of piperidine rings is 1. The Morgan fingerprint density at radius 1 is 1.26 bits per heavy atom. The Balaban J connectivity index is 1.52. The number of pyridine rings is 1. The van der Waals surface area contributed by atoms with Gasteiger partial charge in [-0.3, -0.25) is 4.79 Å². The van der Waals surface area contributed by atoms with Crippen LogP contribution >= 0.6 is 0 Å². The molecule has 0 saturated carbocycles. The minimum absolute atomic E-state index is 0.0624. The highest BCUT2D eigenvalue weighted by molar-refractivity contribution is 7.91. The molecule has 2 fully saturated rings. The number of hydrogen-bond acceptors (Lipinski definition) is 5. The zero-order valence-electron chi connectivity index (χ0n) is 13.2. The highest BCUT2D eigenvalue weighted by Crippen LogP contribution is 2.23. The first kappa shape index (κ1) is 16.2. The Bertz CT molecular complexity index is 652. The fourth-order valence-corrected chi connectivity index (χ4v) is 5.15. The molecule has 126 valence electrons. The zero-order valence-corrected chi connectivity index (χ0v) is 14.0. The van der Waals surface area contributed by atoms with Gasteiger partial charge in [0.1, 0.15) is 5.82 Å². The molecule has 1 amide bonds. The van der Waals surface area contributed by atoms with Gasteiger partial charge in [-0.25, -0.2) is 13.4 Å². The fraction of sp³-hybridized carbons (Fsp3) is 0.625. The van der Waals surface area contributed by atoms with Crippen LogP contribution in [0.15, 0.2) is 18.3 Å². The van der Waals surface area contributed by atoms with Crippen molar-refractivity contribution in [2.75, 3.05) is 34.8 Å². The third-order valence-electron chi connectivity index (χ3n) is 4.54. The maximum absolute atomic E-state index is 12.0. The second-order valence-corrected chi connectivity index (χ2v) is 8.70. The second-order valence-electron chi connectivity index (χ2n) is 6.47. The van der Waals surface area contributed by atoms with E-state index in [2.05, 4.69) is 15.2 Å². The zero-order chi connectivity index (χ0) is 16.3. The summed E-state index contributed by atoms with van der Waals surface area (Å²) in [5.74, 6) is 0.629. The van der Waals surface area contributed by atoms with Gasteiger partial charge in [0, 0.05) is 19.5 Å². The number of carbonyl (C=O) groups is 1. The largest absolute Gasteiger partial charge is 0.370 e. The molecule has 0 radical (unpaired) electrons. The molecule has 7 heteroatoms. The Labute approximate surface area is 137 Å². The summed E-state index contributed by atoms with van der Waals surface area (Å²) in [6.45, 7) is 2.12. The summed E-state index contributed by atoms with van der Waals surface area (Å²) in [6.07, 6.45) is 6.33. The van der Waals surface area contributed by atoms with Gasteiger partial charge in [-0.2, -0.15) is 0 Å². The maximum Gasteiger partial charge on any atom is 0.225 e. The lowest BCUT2D eigenvalue weighted by Crippen LogP contribution is -2.29. The monoisotopic (exact) mass is 337 g/mol. The Morgan fingerprint density at radius 2 is 2.04 bits per heavy atom. The first-order valence-corrected chi connectivity index (χ1v) is 10.1. The molecule has 0 aromatic carbocycles. The molecule has 6 nitrogen and oxygen atoms in total. The lowest BCUT2D eigenvalue weighted by molar-refractivity contribution is -0.116. The van der Waals surface area contributed by atoms with Crippen LogP contribution in [-0.2, 0) is 14.6 Å². The number of anilines is 2. The quantitative estimate of drug-likeness (QED) is 0.907. The molecule has 3 rings (SSSR count). The van der Waals surface area contributed by atoms with Crippen LogP contribution in [0.5, 0.6) is 0 Å². The van der Waals surface area contributed by atoms with Crippen molar-refractivity contribution in [2.24, 2.45) is 5.92 Å². The van der Waals surface area contributed by atoms with Crippen molar-refractivity contribution in [3.8, 4) is 0 Å². The number of nitrogens with zero attached hydrogens (tertiary/aromatic N) is 2. The Hall–Kier alpha value is -1.63. The number of rotatable bonds is 4. The van der Waals surface area contributed by atoms with Crippen molar-refractivity contribution < 1.29 is 13.2 Å². The number of hydrogen-bond donors (Lipinski definition) is 1. The molecule has 0 bridgehead atoms. The van der Waals surface area contributed by atoms with Crippen LogP contribution in [0.4, 0.5) is 11.5 Å². The van der Waals surface area contributed by atoms with Crippen molar-refractivity contribution in [2.45, 2.75) is 32.1 Å². The number of nitrogens with one attached hydrogen (secondary N) is 1. The highest BCUT2D eigenvalue weighted by Gasteiger charge is 2.29. The standard InChI is InChI=1S/C16H23N3O3S/c20-16(10-13-6-9-23(21,22)12-13)18-15-5-4-14(11-17-15)19-7-2-1-3-8-19/h4-5,11,13H,1-3,6-10,12H2,(H,17,18,20). The van der Waals surface area contributed by atoms with Crippen LogP contribution in [-0.4, -0.2) is 43.9 Å². The summed E-state index contributed by atoms with van der Waals surface area (Å²) in [5, 5.41) is 2.76. The Kier molecular flexibility index (Phi) is 4.84. The molecule has 1 aromatic rings. The summed E-state index contributed by atoms with van der Waals surface area (Å²) in [4.78, 5) is 18.6. The molecule has 3 heterocycles. The summed E-state index contributed by atoms with van der Waals surface area (Å²) in [5.41, 5.74) is 1.09. The third-order valence-corrected chi connectivity index (χ3v) is 6.37. The summed E-state index contributed by atoms with van der Waals surface area (Å²) >= 11 is 0. The third kappa shape index (κ3) is 4.43. The molecule has 0 spiro atoms. The van der Waals surface area contributed by atoms with Crippen molar-refractivity contribution in [1.82, 2.24) is 4.98 Å². The average molecular weight is 337 g/mol. The minimum atomic E-state index is -2.93. The van der Waals surface area contributed by atoms with E-state index in [0.29, 0.717) is 12.2 Å². The predicted octanol–water partition coefficient (Wildman–Crippen LogP) is 1.84. The van der Waals surface area contributed by atoms with E-state index in [1.165, 1.54) is 19.3 Å². The molecule has 1 atom stereocenters. The Morgan fingerprint density at radius 3 is 2.65 bits per heavy atom. The molecule has 1 N–H and O–H groups in total. The molecule has 1 aromatic heterocycles.